The van der Waals surface area contributed by atoms with Gasteiger partial charge in [-0.25, -0.2) is 4.39 Å². The SMILES string of the molecule is O=C1COc2ccc(cc2)C[C@@H](C(=O)O)CC(=O)[C@H](Cc2ccccc2F)NC(=O)[C@@H](Cc2ccc(-c3ccccc3)cc2)NC(=O)[C@H](Cc2cccs2)C1. The zero-order valence-corrected chi connectivity index (χ0v) is 30.8. The molecule has 3 heterocycles. The molecule has 55 heavy (non-hydrogen) atoms. The molecule has 0 saturated heterocycles. The van der Waals surface area contributed by atoms with Crippen LogP contribution in [0, 0.1) is 17.7 Å². The minimum Gasteiger partial charge on any atom is -0.486 e. The number of aliphatic carboxylic acids is 1. The van der Waals surface area contributed by atoms with E-state index >= 15 is 0 Å². The molecule has 2 aliphatic rings. The number of Topliss-reactive ketones (excluding diaryl/α,β-unsaturated/α-hetero) is 2. The van der Waals surface area contributed by atoms with Gasteiger partial charge in [0.05, 0.1) is 12.0 Å². The highest BCUT2D eigenvalue weighted by Gasteiger charge is 2.33. The van der Waals surface area contributed by atoms with Crippen LogP contribution >= 0.6 is 11.3 Å². The Morgan fingerprint density at radius 1 is 0.709 bits per heavy atom. The molecule has 0 aliphatic carbocycles. The van der Waals surface area contributed by atoms with Crippen molar-refractivity contribution in [2.24, 2.45) is 11.8 Å². The minimum atomic E-state index is -1.31. The predicted molar refractivity (Wildman–Crippen MR) is 207 cm³/mol. The summed E-state index contributed by atoms with van der Waals surface area (Å²) in [7, 11) is 0. The molecule has 0 unspecified atom stereocenters. The van der Waals surface area contributed by atoms with Crippen molar-refractivity contribution in [1.82, 2.24) is 10.6 Å². The van der Waals surface area contributed by atoms with Gasteiger partial charge in [-0.2, -0.15) is 0 Å². The first-order chi connectivity index (χ1) is 26.6. The Morgan fingerprint density at radius 2 is 1.40 bits per heavy atom. The lowest BCUT2D eigenvalue weighted by molar-refractivity contribution is -0.144. The summed E-state index contributed by atoms with van der Waals surface area (Å²) in [5.41, 5.74) is 3.45. The Morgan fingerprint density at radius 3 is 2.09 bits per heavy atom. The zero-order chi connectivity index (χ0) is 38.7. The van der Waals surface area contributed by atoms with Crippen molar-refractivity contribution in [3.8, 4) is 16.9 Å². The number of carbonyl (C=O) groups excluding carboxylic acids is 4. The molecule has 0 saturated carbocycles. The van der Waals surface area contributed by atoms with E-state index in [-0.39, 0.29) is 50.1 Å². The minimum absolute atomic E-state index is 0.00269. The number of halogens is 1. The van der Waals surface area contributed by atoms with Crippen LogP contribution in [0.2, 0.25) is 0 Å². The number of carboxylic acids is 1. The maximum atomic E-state index is 15.0. The van der Waals surface area contributed by atoms with E-state index in [2.05, 4.69) is 10.6 Å². The van der Waals surface area contributed by atoms with Crippen LogP contribution in [-0.4, -0.2) is 53.1 Å². The fourth-order valence-corrected chi connectivity index (χ4v) is 7.45. The lowest BCUT2D eigenvalue weighted by atomic mass is 9.90. The number of carbonyl (C=O) groups is 5. The predicted octanol–water partition coefficient (Wildman–Crippen LogP) is 6.42. The lowest BCUT2D eigenvalue weighted by Gasteiger charge is -2.26. The second kappa shape index (κ2) is 18.4. The summed E-state index contributed by atoms with van der Waals surface area (Å²) in [6.07, 6.45) is -0.560. The maximum absolute atomic E-state index is 15.0. The number of fused-ring (bicyclic) bond motifs is 16. The molecule has 7 rings (SSSR count). The van der Waals surface area contributed by atoms with Crippen molar-refractivity contribution in [3.63, 3.8) is 0 Å². The summed E-state index contributed by atoms with van der Waals surface area (Å²) >= 11 is 1.45. The Bertz CT molecular complexity index is 2100. The van der Waals surface area contributed by atoms with E-state index in [0.29, 0.717) is 16.9 Å². The average Bonchev–Trinajstić information content (AvgIpc) is 3.71. The Labute approximate surface area is 322 Å². The summed E-state index contributed by atoms with van der Waals surface area (Å²) in [6, 6.07) is 30.9. The topological polar surface area (TPSA) is 139 Å². The van der Waals surface area contributed by atoms with Crippen LogP contribution in [0.1, 0.15) is 34.4 Å². The molecule has 3 N–H and O–H groups in total. The van der Waals surface area contributed by atoms with Crippen LogP contribution < -0.4 is 15.4 Å². The standard InChI is InChI=1S/C44H41FN2O7S/c45-38-11-5-4-9-32(38)25-39-41(49)26-34(44(52)53)21-28-14-18-36(19-15-28)54-27-35(48)23-33(24-37-10-6-20-55-37)42(50)47-40(43(51)46-39)22-29-12-16-31(17-13-29)30-7-2-1-3-8-30/h1-20,33-34,39-40H,21-27H2,(H,46,51)(H,47,50)(H,52,53)/t33-,34+,39-,40+/m0/s1. The highest BCUT2D eigenvalue weighted by atomic mass is 32.1. The normalized spacial score (nSPS) is 20.0. The van der Waals surface area contributed by atoms with Gasteiger partial charge in [-0.1, -0.05) is 91.0 Å². The molecule has 5 aromatic rings. The van der Waals surface area contributed by atoms with Crippen LogP contribution in [0.25, 0.3) is 11.1 Å². The number of rotatable bonds is 8. The van der Waals surface area contributed by atoms with E-state index in [1.807, 2.05) is 72.1 Å². The molecule has 4 atom stereocenters. The third-order valence-electron chi connectivity index (χ3n) is 9.70. The smallest absolute Gasteiger partial charge is 0.307 e. The number of amides is 2. The van der Waals surface area contributed by atoms with E-state index in [1.54, 1.807) is 30.3 Å². The van der Waals surface area contributed by atoms with Crippen LogP contribution in [0.5, 0.6) is 5.75 Å². The van der Waals surface area contributed by atoms with Crippen LogP contribution in [-0.2, 0) is 49.7 Å². The van der Waals surface area contributed by atoms with Gasteiger partial charge in [0.1, 0.15) is 24.2 Å². The maximum Gasteiger partial charge on any atom is 0.307 e. The molecule has 0 fully saturated rings. The first-order valence-electron chi connectivity index (χ1n) is 18.1. The Kier molecular flexibility index (Phi) is 13.0. The van der Waals surface area contributed by atoms with Crippen LogP contribution in [0.4, 0.5) is 4.39 Å². The van der Waals surface area contributed by atoms with Crippen molar-refractivity contribution in [2.45, 2.75) is 50.6 Å². The van der Waals surface area contributed by atoms with Gasteiger partial charge in [-0.15, -0.1) is 11.3 Å². The number of thiophene rings is 1. The molecule has 11 heteroatoms. The molecule has 9 nitrogen and oxygen atoms in total. The van der Waals surface area contributed by atoms with Gasteiger partial charge >= 0.3 is 5.97 Å². The van der Waals surface area contributed by atoms with E-state index in [9.17, 15) is 33.5 Å². The highest BCUT2D eigenvalue weighted by Crippen LogP contribution is 2.23. The third-order valence-corrected chi connectivity index (χ3v) is 10.6. The van der Waals surface area contributed by atoms with Gasteiger partial charge in [0.15, 0.2) is 11.6 Å². The number of ketones is 2. The fraction of sp³-hybridized carbons (Fsp3) is 0.250. The van der Waals surface area contributed by atoms with Crippen molar-refractivity contribution < 1.29 is 38.2 Å². The summed E-state index contributed by atoms with van der Waals surface area (Å²) in [5.74, 6) is -5.56. The monoisotopic (exact) mass is 760 g/mol. The lowest BCUT2D eigenvalue weighted by Crippen LogP contribution is -2.54. The number of hydrogen-bond acceptors (Lipinski definition) is 7. The fourth-order valence-electron chi connectivity index (χ4n) is 6.66. The molecule has 0 radical (unpaired) electrons. The van der Waals surface area contributed by atoms with Gasteiger partial charge in [0.25, 0.3) is 0 Å². The molecule has 4 aromatic carbocycles. The number of ether oxygens (including phenoxy) is 1. The van der Waals surface area contributed by atoms with E-state index < -0.39 is 59.7 Å². The number of benzene rings is 4. The average molecular weight is 761 g/mol. The quantitative estimate of drug-likeness (QED) is 0.166. The second-order valence-electron chi connectivity index (χ2n) is 13.8. The summed E-state index contributed by atoms with van der Waals surface area (Å²) < 4.78 is 20.7. The molecular weight excluding hydrogens is 720 g/mol. The largest absolute Gasteiger partial charge is 0.486 e. The van der Waals surface area contributed by atoms with Crippen molar-refractivity contribution >= 4 is 40.7 Å². The molecule has 282 valence electrons. The van der Waals surface area contributed by atoms with Crippen molar-refractivity contribution in [3.05, 3.63) is 148 Å². The first-order valence-corrected chi connectivity index (χ1v) is 19.0. The number of hydrogen-bond donors (Lipinski definition) is 3. The molecule has 1 aromatic heterocycles. The third kappa shape index (κ3) is 10.8. The highest BCUT2D eigenvalue weighted by molar-refractivity contribution is 7.09. The van der Waals surface area contributed by atoms with Crippen molar-refractivity contribution in [1.29, 1.82) is 0 Å². The Balaban J connectivity index is 1.35. The van der Waals surface area contributed by atoms with Crippen LogP contribution in [0.3, 0.4) is 0 Å². The summed E-state index contributed by atoms with van der Waals surface area (Å²) in [6.45, 7) is -0.296. The van der Waals surface area contributed by atoms with Gasteiger partial charge in [-0.3, -0.25) is 24.0 Å². The molecule has 2 aliphatic heterocycles. The first kappa shape index (κ1) is 38.8. The van der Waals surface area contributed by atoms with Gasteiger partial charge in [0, 0.05) is 36.5 Å². The molecule has 2 amide bonds. The molecular formula is C44H41FN2O7S. The number of carboxylic acid groups (broad SMARTS) is 1. The molecule has 0 spiro atoms. The van der Waals surface area contributed by atoms with Gasteiger partial charge < -0.3 is 20.5 Å². The van der Waals surface area contributed by atoms with Crippen LogP contribution in [0.15, 0.2) is 121 Å². The molecule has 2 bridgehead atoms. The zero-order valence-electron chi connectivity index (χ0n) is 30.0. The summed E-state index contributed by atoms with van der Waals surface area (Å²) in [5, 5.41) is 17.7. The van der Waals surface area contributed by atoms with E-state index in [4.69, 9.17) is 4.74 Å². The number of nitrogens with one attached hydrogen (secondary N) is 2. The summed E-state index contributed by atoms with van der Waals surface area (Å²) in [4.78, 5) is 69.1. The van der Waals surface area contributed by atoms with Gasteiger partial charge in [0.2, 0.25) is 11.8 Å². The van der Waals surface area contributed by atoms with E-state index in [1.165, 1.54) is 29.5 Å². The second-order valence-corrected chi connectivity index (χ2v) is 14.8. The van der Waals surface area contributed by atoms with Crippen molar-refractivity contribution in [2.75, 3.05) is 6.61 Å². The van der Waals surface area contributed by atoms with E-state index in [0.717, 1.165) is 16.0 Å². The Hall–Kier alpha value is -5.94. The van der Waals surface area contributed by atoms with Gasteiger partial charge in [-0.05, 0) is 70.3 Å².